The van der Waals surface area contributed by atoms with E-state index in [0.29, 0.717) is 25.5 Å². The third-order valence-electron chi connectivity index (χ3n) is 4.60. The van der Waals surface area contributed by atoms with Crippen molar-refractivity contribution in [3.63, 3.8) is 0 Å². The molecule has 0 amide bonds. The van der Waals surface area contributed by atoms with Crippen molar-refractivity contribution in [1.82, 2.24) is 10.6 Å². The molecule has 1 heterocycles. The zero-order chi connectivity index (χ0) is 21.2. The highest BCUT2D eigenvalue weighted by Crippen LogP contribution is 2.32. The van der Waals surface area contributed by atoms with Gasteiger partial charge < -0.3 is 20.1 Å². The Kier molecular flexibility index (Phi) is 10.4. The Hall–Kier alpha value is -2.01. The number of nitrogens with zero attached hydrogens (tertiary/aromatic N) is 1. The van der Waals surface area contributed by atoms with Crippen LogP contribution in [0.2, 0.25) is 0 Å². The minimum Gasteiger partial charge on any atom is -0.454 e. The second kappa shape index (κ2) is 12.7. The van der Waals surface area contributed by atoms with Crippen LogP contribution in [0.4, 0.5) is 0 Å². The van der Waals surface area contributed by atoms with Crippen molar-refractivity contribution in [3.05, 3.63) is 59.7 Å². The first-order valence-corrected chi connectivity index (χ1v) is 12.0. The molecule has 0 atom stereocenters. The van der Waals surface area contributed by atoms with Gasteiger partial charge in [-0.3, -0.25) is 4.99 Å². The summed E-state index contributed by atoms with van der Waals surface area (Å²) in [6, 6.07) is 15.2. The van der Waals surface area contributed by atoms with Crippen LogP contribution in [0.5, 0.6) is 11.5 Å². The number of hydrogen-bond acceptors (Lipinski definition) is 5. The molecule has 7 nitrogen and oxygen atoms in total. The van der Waals surface area contributed by atoms with Gasteiger partial charge in [0.2, 0.25) is 6.79 Å². The molecule has 170 valence electrons. The van der Waals surface area contributed by atoms with Crippen LogP contribution in [0, 0.1) is 0 Å². The maximum absolute atomic E-state index is 12.3. The normalized spacial score (nSPS) is 12.9. The molecule has 3 rings (SSSR count). The molecule has 31 heavy (non-hydrogen) atoms. The van der Waals surface area contributed by atoms with Crippen LogP contribution in [0.1, 0.15) is 24.5 Å². The fraction of sp³-hybridized carbons (Fsp3) is 0.409. The molecule has 0 saturated heterocycles. The minimum absolute atomic E-state index is 0. The van der Waals surface area contributed by atoms with Gasteiger partial charge in [-0.05, 0) is 43.0 Å². The smallest absolute Gasteiger partial charge is 0.231 e. The molecule has 0 spiro atoms. The van der Waals surface area contributed by atoms with Crippen molar-refractivity contribution in [2.24, 2.45) is 4.99 Å². The summed E-state index contributed by atoms with van der Waals surface area (Å²) in [5, 5.41) is 6.48. The van der Waals surface area contributed by atoms with Crippen molar-refractivity contribution in [2.75, 3.05) is 32.2 Å². The second-order valence-electron chi connectivity index (χ2n) is 7.06. The summed E-state index contributed by atoms with van der Waals surface area (Å²) in [6.45, 7) is 4.17. The summed E-state index contributed by atoms with van der Waals surface area (Å²) in [6.07, 6.45) is 1.31. The minimum atomic E-state index is -3.14. The summed E-state index contributed by atoms with van der Waals surface area (Å²) in [7, 11) is -3.14. The lowest BCUT2D eigenvalue weighted by molar-refractivity contribution is 0.174. The molecule has 2 aromatic carbocycles. The van der Waals surface area contributed by atoms with Crippen molar-refractivity contribution in [1.29, 1.82) is 0 Å². The number of benzene rings is 2. The Morgan fingerprint density at radius 2 is 1.81 bits per heavy atom. The third kappa shape index (κ3) is 8.56. The summed E-state index contributed by atoms with van der Waals surface area (Å²) >= 11 is 0. The number of hydrogen-bond donors (Lipinski definition) is 2. The number of aliphatic imine (C=N–C) groups is 1. The summed E-state index contributed by atoms with van der Waals surface area (Å²) in [5.74, 6) is 2.46. The van der Waals surface area contributed by atoms with E-state index in [1.54, 1.807) is 0 Å². The van der Waals surface area contributed by atoms with Gasteiger partial charge in [0.25, 0.3) is 0 Å². The SMILES string of the molecule is CCNC(=NCCCS(=O)(=O)Cc1ccccc1)NCCc1ccc2c(c1)OCO2.I. The highest BCUT2D eigenvalue weighted by molar-refractivity contribution is 14.0. The quantitative estimate of drug-likeness (QED) is 0.201. The van der Waals surface area contributed by atoms with Gasteiger partial charge in [0.1, 0.15) is 0 Å². The first kappa shape index (κ1) is 25.3. The lowest BCUT2D eigenvalue weighted by Crippen LogP contribution is -2.38. The molecular weight excluding hydrogens is 529 g/mol. The highest BCUT2D eigenvalue weighted by Gasteiger charge is 2.13. The molecule has 0 fully saturated rings. The number of ether oxygens (including phenoxy) is 2. The molecule has 2 aromatic rings. The van der Waals surface area contributed by atoms with Crippen LogP contribution in [-0.4, -0.2) is 46.6 Å². The van der Waals surface area contributed by atoms with E-state index >= 15 is 0 Å². The fourth-order valence-corrected chi connectivity index (χ4v) is 4.55. The lowest BCUT2D eigenvalue weighted by Gasteiger charge is -2.11. The van der Waals surface area contributed by atoms with E-state index in [0.717, 1.165) is 35.6 Å². The van der Waals surface area contributed by atoms with E-state index in [9.17, 15) is 8.42 Å². The maximum atomic E-state index is 12.3. The largest absolute Gasteiger partial charge is 0.454 e. The van der Waals surface area contributed by atoms with Crippen LogP contribution in [0.25, 0.3) is 0 Å². The van der Waals surface area contributed by atoms with Crippen LogP contribution in [0.15, 0.2) is 53.5 Å². The molecule has 1 aliphatic heterocycles. The Labute approximate surface area is 201 Å². The van der Waals surface area contributed by atoms with E-state index in [-0.39, 0.29) is 42.3 Å². The first-order valence-electron chi connectivity index (χ1n) is 10.2. The first-order chi connectivity index (χ1) is 14.6. The van der Waals surface area contributed by atoms with E-state index in [1.165, 1.54) is 0 Å². The van der Waals surface area contributed by atoms with Gasteiger partial charge in [-0.25, -0.2) is 8.42 Å². The average molecular weight is 559 g/mol. The van der Waals surface area contributed by atoms with Crippen molar-refractivity contribution in [2.45, 2.75) is 25.5 Å². The van der Waals surface area contributed by atoms with Crippen LogP contribution in [-0.2, 0) is 22.0 Å². The predicted molar refractivity (Wildman–Crippen MR) is 134 cm³/mol. The number of sulfone groups is 1. The van der Waals surface area contributed by atoms with Gasteiger partial charge in [-0.1, -0.05) is 36.4 Å². The second-order valence-corrected chi connectivity index (χ2v) is 9.24. The third-order valence-corrected chi connectivity index (χ3v) is 6.28. The number of guanidine groups is 1. The summed E-state index contributed by atoms with van der Waals surface area (Å²) < 4.78 is 35.3. The molecule has 0 radical (unpaired) electrons. The summed E-state index contributed by atoms with van der Waals surface area (Å²) in [5.41, 5.74) is 1.97. The molecule has 0 aromatic heterocycles. The zero-order valence-corrected chi connectivity index (χ0v) is 20.8. The Bertz CT molecular complexity index is 952. The fourth-order valence-electron chi connectivity index (χ4n) is 3.14. The number of nitrogens with one attached hydrogen (secondary N) is 2. The standard InChI is InChI=1S/C22H29N3O4S.HI/c1-2-23-22(25-13-11-18-9-10-20-21(15-18)29-17-28-20)24-12-6-14-30(26,27)16-19-7-4-3-5-8-19;/h3-5,7-10,15H,2,6,11-14,16-17H2,1H3,(H2,23,24,25);1H. The van der Waals surface area contributed by atoms with Gasteiger partial charge in [0.05, 0.1) is 11.5 Å². The molecular formula is C22H30IN3O4S. The zero-order valence-electron chi connectivity index (χ0n) is 17.7. The predicted octanol–water partition coefficient (Wildman–Crippen LogP) is 3.14. The monoisotopic (exact) mass is 559 g/mol. The van der Waals surface area contributed by atoms with Gasteiger partial charge in [-0.15, -0.1) is 24.0 Å². The molecule has 0 aliphatic carbocycles. The highest BCUT2D eigenvalue weighted by atomic mass is 127. The van der Waals surface area contributed by atoms with Gasteiger partial charge in [-0.2, -0.15) is 0 Å². The van der Waals surface area contributed by atoms with E-state index in [4.69, 9.17) is 9.47 Å². The van der Waals surface area contributed by atoms with Crippen molar-refractivity contribution in [3.8, 4) is 11.5 Å². The summed E-state index contributed by atoms with van der Waals surface area (Å²) in [4.78, 5) is 4.50. The molecule has 0 saturated carbocycles. The van der Waals surface area contributed by atoms with Crippen LogP contribution >= 0.6 is 24.0 Å². The topological polar surface area (TPSA) is 89.0 Å². The molecule has 2 N–H and O–H groups in total. The number of halogens is 1. The van der Waals surface area contributed by atoms with E-state index < -0.39 is 9.84 Å². The Balaban J connectivity index is 0.00000341. The Morgan fingerprint density at radius 3 is 2.58 bits per heavy atom. The maximum Gasteiger partial charge on any atom is 0.231 e. The average Bonchev–Trinajstić information content (AvgIpc) is 3.19. The van der Waals surface area contributed by atoms with Crippen molar-refractivity contribution >= 4 is 39.8 Å². The number of fused-ring (bicyclic) bond motifs is 1. The van der Waals surface area contributed by atoms with E-state index in [2.05, 4.69) is 15.6 Å². The lowest BCUT2D eigenvalue weighted by atomic mass is 10.1. The van der Waals surface area contributed by atoms with Crippen molar-refractivity contribution < 1.29 is 17.9 Å². The van der Waals surface area contributed by atoms with Gasteiger partial charge >= 0.3 is 0 Å². The van der Waals surface area contributed by atoms with Crippen LogP contribution in [0.3, 0.4) is 0 Å². The van der Waals surface area contributed by atoms with Crippen LogP contribution < -0.4 is 20.1 Å². The molecule has 0 bridgehead atoms. The van der Waals surface area contributed by atoms with Gasteiger partial charge in [0, 0.05) is 19.6 Å². The van der Waals surface area contributed by atoms with Gasteiger partial charge in [0.15, 0.2) is 27.3 Å². The van der Waals surface area contributed by atoms with E-state index in [1.807, 2.05) is 55.5 Å². The molecule has 1 aliphatic rings. The molecule has 9 heteroatoms. The Morgan fingerprint density at radius 1 is 1.03 bits per heavy atom. The number of rotatable bonds is 10. The molecule has 0 unspecified atom stereocenters.